The van der Waals surface area contributed by atoms with E-state index in [-0.39, 0.29) is 11.7 Å². The minimum Gasteiger partial charge on any atom is -0.494 e. The third-order valence-electron chi connectivity index (χ3n) is 3.80. The average Bonchev–Trinajstić information content (AvgIpc) is 3.33. The van der Waals surface area contributed by atoms with Gasteiger partial charge in [-0.25, -0.2) is 0 Å². The molecule has 2 heterocycles. The van der Waals surface area contributed by atoms with Gasteiger partial charge in [-0.1, -0.05) is 23.9 Å². The summed E-state index contributed by atoms with van der Waals surface area (Å²) >= 11 is 3.06. The molecule has 6 nitrogen and oxygen atoms in total. The van der Waals surface area contributed by atoms with Crippen LogP contribution >= 0.6 is 23.1 Å². The van der Waals surface area contributed by atoms with Crippen LogP contribution in [0.4, 0.5) is 5.69 Å². The second kappa shape index (κ2) is 10.1. The van der Waals surface area contributed by atoms with Crippen LogP contribution in [-0.2, 0) is 17.8 Å². The number of aromatic nitrogens is 3. The van der Waals surface area contributed by atoms with E-state index in [1.54, 1.807) is 11.3 Å². The molecule has 0 atom stereocenters. The Hall–Kier alpha value is -2.58. The first-order valence-corrected chi connectivity index (χ1v) is 10.8. The molecule has 0 unspecified atom stereocenters. The molecule has 0 saturated heterocycles. The predicted molar refractivity (Wildman–Crippen MR) is 114 cm³/mol. The Bertz CT molecular complexity index is 905. The molecule has 0 saturated carbocycles. The number of anilines is 1. The second-order valence-corrected chi connectivity index (χ2v) is 7.82. The topological polar surface area (TPSA) is 69.0 Å². The summed E-state index contributed by atoms with van der Waals surface area (Å²) in [6.07, 6.45) is 2.53. The van der Waals surface area contributed by atoms with Gasteiger partial charge in [0.25, 0.3) is 0 Å². The Morgan fingerprint density at radius 2 is 2.14 bits per heavy atom. The molecule has 146 valence electrons. The molecule has 3 aromatic rings. The standard InChI is InChI=1S/C20H22N4O2S2/c1-3-11-24-18(13-17-6-5-12-27-17)22-23-20(24)28-14-19(25)21-15-7-9-16(10-8-15)26-4-2/h3,5-10,12H,1,4,11,13-14H2,2H3,(H,21,25). The molecule has 8 heteroatoms. The van der Waals surface area contributed by atoms with Gasteiger partial charge in [0.2, 0.25) is 5.91 Å². The van der Waals surface area contributed by atoms with Crippen molar-refractivity contribution in [2.75, 3.05) is 17.7 Å². The number of hydrogen-bond acceptors (Lipinski definition) is 6. The average molecular weight is 415 g/mol. The highest BCUT2D eigenvalue weighted by atomic mass is 32.2. The van der Waals surface area contributed by atoms with Crippen LogP contribution in [0.2, 0.25) is 0 Å². The van der Waals surface area contributed by atoms with E-state index in [1.807, 2.05) is 53.3 Å². The number of nitrogens with one attached hydrogen (secondary N) is 1. The van der Waals surface area contributed by atoms with Gasteiger partial charge in [0.05, 0.1) is 12.4 Å². The Morgan fingerprint density at radius 3 is 2.82 bits per heavy atom. The van der Waals surface area contributed by atoms with Gasteiger partial charge >= 0.3 is 0 Å². The summed E-state index contributed by atoms with van der Waals surface area (Å²) in [5.41, 5.74) is 0.736. The number of amides is 1. The van der Waals surface area contributed by atoms with Crippen LogP contribution in [-0.4, -0.2) is 33.0 Å². The first-order chi connectivity index (χ1) is 13.7. The zero-order valence-corrected chi connectivity index (χ0v) is 17.3. The molecule has 0 aliphatic carbocycles. The number of hydrogen-bond donors (Lipinski definition) is 1. The van der Waals surface area contributed by atoms with Crippen LogP contribution in [0, 0.1) is 0 Å². The van der Waals surface area contributed by atoms with Crippen molar-refractivity contribution >= 4 is 34.7 Å². The lowest BCUT2D eigenvalue weighted by atomic mass is 10.3. The summed E-state index contributed by atoms with van der Waals surface area (Å²) in [5, 5.41) is 14.2. The minimum atomic E-state index is -0.0953. The SMILES string of the molecule is C=CCn1c(Cc2cccs2)nnc1SCC(=O)Nc1ccc(OCC)cc1. The van der Waals surface area contributed by atoms with E-state index >= 15 is 0 Å². The third-order valence-corrected chi connectivity index (χ3v) is 5.64. The first kappa shape index (κ1) is 20.2. The molecule has 1 amide bonds. The number of ether oxygens (including phenoxy) is 1. The van der Waals surface area contributed by atoms with Crippen LogP contribution in [0.15, 0.2) is 59.6 Å². The van der Waals surface area contributed by atoms with Crippen molar-refractivity contribution in [3.8, 4) is 5.75 Å². The number of benzene rings is 1. The Labute approximate surface area is 172 Å². The molecule has 1 N–H and O–H groups in total. The number of allylic oxidation sites excluding steroid dienone is 1. The lowest BCUT2D eigenvalue weighted by Crippen LogP contribution is -2.14. The van der Waals surface area contributed by atoms with E-state index in [0.717, 1.165) is 23.7 Å². The fourth-order valence-electron chi connectivity index (χ4n) is 2.57. The quantitative estimate of drug-likeness (QED) is 0.397. The predicted octanol–water partition coefficient (Wildman–Crippen LogP) is 4.25. The van der Waals surface area contributed by atoms with Gasteiger partial charge in [-0.3, -0.25) is 4.79 Å². The molecule has 28 heavy (non-hydrogen) atoms. The lowest BCUT2D eigenvalue weighted by molar-refractivity contribution is -0.113. The highest BCUT2D eigenvalue weighted by Gasteiger charge is 2.14. The van der Waals surface area contributed by atoms with Crippen molar-refractivity contribution in [3.05, 3.63) is 65.1 Å². The van der Waals surface area contributed by atoms with E-state index < -0.39 is 0 Å². The summed E-state index contributed by atoms with van der Waals surface area (Å²) < 4.78 is 7.41. The Morgan fingerprint density at radius 1 is 1.32 bits per heavy atom. The van der Waals surface area contributed by atoms with E-state index in [1.165, 1.54) is 16.6 Å². The Kier molecular flexibility index (Phi) is 7.27. The molecule has 1 aromatic carbocycles. The van der Waals surface area contributed by atoms with Crippen LogP contribution in [0.25, 0.3) is 0 Å². The van der Waals surface area contributed by atoms with Gasteiger partial charge in [0, 0.05) is 23.5 Å². The van der Waals surface area contributed by atoms with Crippen molar-refractivity contribution in [2.45, 2.75) is 25.0 Å². The number of nitrogens with zero attached hydrogens (tertiary/aromatic N) is 3. The molecule has 0 fully saturated rings. The second-order valence-electron chi connectivity index (χ2n) is 5.85. The smallest absolute Gasteiger partial charge is 0.234 e. The molecule has 0 aliphatic heterocycles. The number of thioether (sulfide) groups is 1. The van der Waals surface area contributed by atoms with E-state index in [4.69, 9.17) is 4.74 Å². The van der Waals surface area contributed by atoms with Gasteiger partial charge < -0.3 is 14.6 Å². The monoisotopic (exact) mass is 414 g/mol. The van der Waals surface area contributed by atoms with Crippen LogP contribution in [0.3, 0.4) is 0 Å². The maximum Gasteiger partial charge on any atom is 0.234 e. The lowest BCUT2D eigenvalue weighted by Gasteiger charge is -2.08. The third kappa shape index (κ3) is 5.46. The van der Waals surface area contributed by atoms with Gasteiger partial charge in [0.15, 0.2) is 5.16 Å². The maximum absolute atomic E-state index is 12.3. The normalized spacial score (nSPS) is 10.6. The minimum absolute atomic E-state index is 0.0953. The summed E-state index contributed by atoms with van der Waals surface area (Å²) in [6.45, 7) is 6.97. The van der Waals surface area contributed by atoms with Crippen LogP contribution in [0.5, 0.6) is 5.75 Å². The number of carbonyl (C=O) groups excluding carboxylic acids is 1. The van der Waals surface area contributed by atoms with Gasteiger partial charge in [-0.05, 0) is 42.6 Å². The van der Waals surface area contributed by atoms with Crippen molar-refractivity contribution in [1.82, 2.24) is 14.8 Å². The first-order valence-electron chi connectivity index (χ1n) is 8.90. The maximum atomic E-state index is 12.3. The van der Waals surface area contributed by atoms with E-state index in [9.17, 15) is 4.79 Å². The summed E-state index contributed by atoms with van der Waals surface area (Å²) in [5.74, 6) is 1.81. The molecule has 3 rings (SSSR count). The highest BCUT2D eigenvalue weighted by Crippen LogP contribution is 2.21. The van der Waals surface area contributed by atoms with Crippen molar-refractivity contribution < 1.29 is 9.53 Å². The van der Waals surface area contributed by atoms with Gasteiger partial charge in [-0.2, -0.15) is 0 Å². The molecule has 0 bridgehead atoms. The van der Waals surface area contributed by atoms with Gasteiger partial charge in [0.1, 0.15) is 11.6 Å². The molecule has 2 aromatic heterocycles. The summed E-state index contributed by atoms with van der Waals surface area (Å²) in [6, 6.07) is 11.4. The van der Waals surface area contributed by atoms with Crippen LogP contribution in [0.1, 0.15) is 17.6 Å². The highest BCUT2D eigenvalue weighted by molar-refractivity contribution is 7.99. The van der Waals surface area contributed by atoms with Crippen LogP contribution < -0.4 is 10.1 Å². The van der Waals surface area contributed by atoms with E-state index in [0.29, 0.717) is 18.3 Å². The zero-order chi connectivity index (χ0) is 19.8. The molecular weight excluding hydrogens is 392 g/mol. The fraction of sp³-hybridized carbons (Fsp3) is 0.250. The zero-order valence-electron chi connectivity index (χ0n) is 15.6. The molecule has 0 radical (unpaired) electrons. The molecule has 0 spiro atoms. The summed E-state index contributed by atoms with van der Waals surface area (Å²) in [4.78, 5) is 13.5. The largest absolute Gasteiger partial charge is 0.494 e. The summed E-state index contributed by atoms with van der Waals surface area (Å²) in [7, 11) is 0. The molecular formula is C20H22N4O2S2. The van der Waals surface area contributed by atoms with Crippen molar-refractivity contribution in [1.29, 1.82) is 0 Å². The number of carbonyl (C=O) groups is 1. The number of thiophene rings is 1. The Balaban J connectivity index is 1.59. The van der Waals surface area contributed by atoms with E-state index in [2.05, 4.69) is 28.2 Å². The van der Waals surface area contributed by atoms with Gasteiger partial charge in [-0.15, -0.1) is 28.1 Å². The van der Waals surface area contributed by atoms with Crippen molar-refractivity contribution in [3.63, 3.8) is 0 Å². The number of rotatable bonds is 10. The molecule has 0 aliphatic rings. The fourth-order valence-corrected chi connectivity index (χ4v) is 4.03. The van der Waals surface area contributed by atoms with Crippen molar-refractivity contribution in [2.24, 2.45) is 0 Å².